The maximum atomic E-state index is 6.02. The van der Waals surface area contributed by atoms with Crippen molar-refractivity contribution in [2.75, 3.05) is 17.4 Å². The molecule has 0 saturated carbocycles. The molecular weight excluding hydrogens is 340 g/mol. The van der Waals surface area contributed by atoms with Gasteiger partial charge in [-0.05, 0) is 37.3 Å². The molecule has 126 valence electrons. The summed E-state index contributed by atoms with van der Waals surface area (Å²) in [5.74, 6) is 2.61. The number of hydrogen-bond acceptors (Lipinski definition) is 6. The van der Waals surface area contributed by atoms with Crippen LogP contribution in [0.3, 0.4) is 0 Å². The number of aromatic nitrogens is 2. The first-order chi connectivity index (χ1) is 12.2. The van der Waals surface area contributed by atoms with Gasteiger partial charge in [-0.25, -0.2) is 4.98 Å². The lowest BCUT2D eigenvalue weighted by molar-refractivity contribution is 0.174. The van der Waals surface area contributed by atoms with E-state index in [9.17, 15) is 0 Å². The maximum absolute atomic E-state index is 6.02. The van der Waals surface area contributed by atoms with Crippen molar-refractivity contribution >= 4 is 34.7 Å². The van der Waals surface area contributed by atoms with E-state index in [4.69, 9.17) is 21.1 Å². The van der Waals surface area contributed by atoms with Crippen LogP contribution in [0.4, 0.5) is 23.1 Å². The number of anilines is 4. The van der Waals surface area contributed by atoms with Crippen molar-refractivity contribution < 1.29 is 9.47 Å². The lowest BCUT2D eigenvalue weighted by Gasteiger charge is -2.10. The molecule has 25 heavy (non-hydrogen) atoms. The zero-order valence-electron chi connectivity index (χ0n) is 13.4. The Labute approximate surface area is 149 Å². The monoisotopic (exact) mass is 354 g/mol. The third kappa shape index (κ3) is 3.59. The van der Waals surface area contributed by atoms with Crippen LogP contribution >= 0.6 is 11.6 Å². The highest BCUT2D eigenvalue weighted by molar-refractivity contribution is 6.30. The maximum Gasteiger partial charge on any atom is 0.231 e. The quantitative estimate of drug-likeness (QED) is 0.710. The molecule has 0 bridgehead atoms. The Bertz CT molecular complexity index is 933. The molecule has 4 rings (SSSR count). The summed E-state index contributed by atoms with van der Waals surface area (Å²) < 4.78 is 10.7. The minimum absolute atomic E-state index is 0.243. The first kappa shape index (κ1) is 15.5. The van der Waals surface area contributed by atoms with E-state index in [1.54, 1.807) is 0 Å². The number of hydrogen-bond donors (Lipinski definition) is 2. The van der Waals surface area contributed by atoms with Crippen molar-refractivity contribution in [2.45, 2.75) is 6.92 Å². The Morgan fingerprint density at radius 3 is 2.64 bits per heavy atom. The van der Waals surface area contributed by atoms with Crippen LogP contribution in [-0.2, 0) is 0 Å². The molecule has 0 unspecified atom stereocenters. The predicted octanol–water partition coefficient (Wildman–Crippen LogP) is 4.65. The van der Waals surface area contributed by atoms with Crippen molar-refractivity contribution in [3.63, 3.8) is 0 Å². The van der Waals surface area contributed by atoms with Gasteiger partial charge in [0.1, 0.15) is 5.82 Å². The van der Waals surface area contributed by atoms with Crippen LogP contribution in [0.15, 0.2) is 48.5 Å². The summed E-state index contributed by atoms with van der Waals surface area (Å²) in [6.45, 7) is 2.16. The van der Waals surface area contributed by atoms with Crippen molar-refractivity contribution in [1.29, 1.82) is 0 Å². The third-order valence-electron chi connectivity index (χ3n) is 3.58. The fraction of sp³-hybridized carbons (Fsp3) is 0.111. The van der Waals surface area contributed by atoms with E-state index in [0.717, 1.165) is 22.8 Å². The standard InChI is InChI=1S/C18H15ClN4O2/c1-11-7-17(21-13-4-2-3-12(19)8-13)23-18(20-11)22-14-5-6-15-16(9-14)25-10-24-15/h2-9H,10H2,1H3,(H2,20,21,22,23). The Morgan fingerprint density at radius 2 is 1.76 bits per heavy atom. The fourth-order valence-corrected chi connectivity index (χ4v) is 2.70. The first-order valence-electron chi connectivity index (χ1n) is 7.71. The number of ether oxygens (including phenoxy) is 2. The summed E-state index contributed by atoms with van der Waals surface area (Å²) in [5, 5.41) is 7.08. The molecule has 2 heterocycles. The van der Waals surface area contributed by atoms with Crippen LogP contribution in [0.2, 0.25) is 5.02 Å². The van der Waals surface area contributed by atoms with Crippen molar-refractivity contribution in [1.82, 2.24) is 9.97 Å². The van der Waals surface area contributed by atoms with E-state index in [0.29, 0.717) is 22.5 Å². The van der Waals surface area contributed by atoms with E-state index >= 15 is 0 Å². The van der Waals surface area contributed by atoms with Gasteiger partial charge in [0.2, 0.25) is 12.7 Å². The lowest BCUT2D eigenvalue weighted by Crippen LogP contribution is -2.02. The Balaban J connectivity index is 1.57. The molecule has 0 saturated heterocycles. The molecule has 1 aliphatic rings. The first-order valence-corrected chi connectivity index (χ1v) is 8.08. The molecule has 0 atom stereocenters. The van der Waals surface area contributed by atoms with E-state index in [-0.39, 0.29) is 6.79 Å². The van der Waals surface area contributed by atoms with Gasteiger partial charge in [-0.15, -0.1) is 0 Å². The average Bonchev–Trinajstić information content (AvgIpc) is 3.02. The highest BCUT2D eigenvalue weighted by Crippen LogP contribution is 2.34. The average molecular weight is 355 g/mol. The number of fused-ring (bicyclic) bond motifs is 1. The van der Waals surface area contributed by atoms with Gasteiger partial charge >= 0.3 is 0 Å². The Morgan fingerprint density at radius 1 is 0.920 bits per heavy atom. The number of rotatable bonds is 4. The minimum atomic E-state index is 0.243. The summed E-state index contributed by atoms with van der Waals surface area (Å²) >= 11 is 6.02. The molecule has 2 N–H and O–H groups in total. The molecule has 0 radical (unpaired) electrons. The van der Waals surface area contributed by atoms with E-state index in [1.807, 2.05) is 55.5 Å². The number of nitrogens with one attached hydrogen (secondary N) is 2. The minimum Gasteiger partial charge on any atom is -0.454 e. The second kappa shape index (κ2) is 6.49. The zero-order valence-corrected chi connectivity index (χ0v) is 14.2. The predicted molar refractivity (Wildman–Crippen MR) is 97.4 cm³/mol. The highest BCUT2D eigenvalue weighted by atomic mass is 35.5. The molecular formula is C18H15ClN4O2. The molecule has 1 aliphatic heterocycles. The number of halogens is 1. The number of benzene rings is 2. The SMILES string of the molecule is Cc1cc(Nc2cccc(Cl)c2)nc(Nc2ccc3c(c2)OCO3)n1. The number of nitrogens with zero attached hydrogens (tertiary/aromatic N) is 2. The summed E-state index contributed by atoms with van der Waals surface area (Å²) in [4.78, 5) is 8.92. The van der Waals surface area contributed by atoms with Crippen molar-refractivity contribution in [2.24, 2.45) is 0 Å². The van der Waals surface area contributed by atoms with Crippen LogP contribution in [0.25, 0.3) is 0 Å². The second-order valence-corrected chi connectivity index (χ2v) is 5.98. The summed E-state index contributed by atoms with van der Waals surface area (Å²) in [5.41, 5.74) is 2.52. The van der Waals surface area contributed by atoms with Crippen LogP contribution in [-0.4, -0.2) is 16.8 Å². The van der Waals surface area contributed by atoms with Crippen LogP contribution in [0.1, 0.15) is 5.69 Å². The largest absolute Gasteiger partial charge is 0.454 e. The van der Waals surface area contributed by atoms with Gasteiger partial charge in [-0.2, -0.15) is 4.98 Å². The summed E-state index contributed by atoms with van der Waals surface area (Å²) in [6, 6.07) is 14.9. The highest BCUT2D eigenvalue weighted by Gasteiger charge is 2.13. The molecule has 3 aromatic rings. The van der Waals surface area contributed by atoms with Gasteiger partial charge in [0, 0.05) is 34.2 Å². The molecule has 6 nitrogen and oxygen atoms in total. The molecule has 0 spiro atoms. The molecule has 0 aliphatic carbocycles. The molecule has 1 aromatic heterocycles. The Kier molecular flexibility index (Phi) is 4.03. The topological polar surface area (TPSA) is 68.3 Å². The van der Waals surface area contributed by atoms with Crippen molar-refractivity contribution in [3.05, 3.63) is 59.2 Å². The molecule has 7 heteroatoms. The summed E-state index contributed by atoms with van der Waals surface area (Å²) in [7, 11) is 0. The van der Waals surface area contributed by atoms with Gasteiger partial charge in [-0.3, -0.25) is 0 Å². The second-order valence-electron chi connectivity index (χ2n) is 5.55. The van der Waals surface area contributed by atoms with Crippen LogP contribution in [0, 0.1) is 6.92 Å². The molecule has 0 fully saturated rings. The zero-order chi connectivity index (χ0) is 17.2. The van der Waals surface area contributed by atoms with Gasteiger partial charge in [0.05, 0.1) is 0 Å². The Hall–Kier alpha value is -2.99. The smallest absolute Gasteiger partial charge is 0.231 e. The molecule has 2 aromatic carbocycles. The summed E-state index contributed by atoms with van der Waals surface area (Å²) in [6.07, 6.45) is 0. The third-order valence-corrected chi connectivity index (χ3v) is 3.82. The van der Waals surface area contributed by atoms with Gasteiger partial charge in [0.25, 0.3) is 0 Å². The molecule has 0 amide bonds. The van der Waals surface area contributed by atoms with Crippen molar-refractivity contribution in [3.8, 4) is 11.5 Å². The van der Waals surface area contributed by atoms with E-state index < -0.39 is 0 Å². The van der Waals surface area contributed by atoms with E-state index in [1.165, 1.54) is 0 Å². The van der Waals surface area contributed by atoms with Gasteiger partial charge in [-0.1, -0.05) is 17.7 Å². The lowest BCUT2D eigenvalue weighted by atomic mass is 10.3. The number of aryl methyl sites for hydroxylation is 1. The van der Waals surface area contributed by atoms with Crippen LogP contribution < -0.4 is 20.1 Å². The van der Waals surface area contributed by atoms with Gasteiger partial charge in [0.15, 0.2) is 11.5 Å². The van der Waals surface area contributed by atoms with Crippen LogP contribution in [0.5, 0.6) is 11.5 Å². The van der Waals surface area contributed by atoms with Gasteiger partial charge < -0.3 is 20.1 Å². The van der Waals surface area contributed by atoms with E-state index in [2.05, 4.69) is 20.6 Å². The normalized spacial score (nSPS) is 12.1. The fourth-order valence-electron chi connectivity index (χ4n) is 2.51.